The normalized spacial score (nSPS) is 16.6. The summed E-state index contributed by atoms with van der Waals surface area (Å²) >= 11 is 1.35. The molecule has 5 rings (SSSR count). The van der Waals surface area contributed by atoms with E-state index in [2.05, 4.69) is 28.5 Å². The summed E-state index contributed by atoms with van der Waals surface area (Å²) in [7, 11) is -3.67. The predicted molar refractivity (Wildman–Crippen MR) is 124 cm³/mol. The number of hydrogen-bond donors (Lipinski definition) is 1. The second kappa shape index (κ2) is 8.74. The molecule has 9 heteroatoms. The minimum Gasteiger partial charge on any atom is -0.379 e. The van der Waals surface area contributed by atoms with Gasteiger partial charge < -0.3 is 4.74 Å². The van der Waals surface area contributed by atoms with Crippen LogP contribution in [0.4, 0.5) is 5.13 Å². The fraction of sp³-hybridized carbons (Fsp3) is 0.304. The van der Waals surface area contributed by atoms with Gasteiger partial charge in [-0.1, -0.05) is 18.2 Å². The number of carbonyl (C=O) groups excluding carboxylic acids is 1. The number of fused-ring (bicyclic) bond motifs is 1. The van der Waals surface area contributed by atoms with Crippen molar-refractivity contribution in [3.63, 3.8) is 0 Å². The van der Waals surface area contributed by atoms with E-state index in [-0.39, 0.29) is 16.4 Å². The number of amides is 1. The molecule has 1 aliphatic heterocycles. The van der Waals surface area contributed by atoms with E-state index in [9.17, 15) is 13.2 Å². The lowest BCUT2D eigenvalue weighted by Gasteiger charge is -2.26. The standard InChI is InChI=1S/C23H23N3O4S2/c27-22(19-5-2-6-20(14-19)32(28,29)26-9-11-30-12-10-26)25-23-24-21(15-31-23)18-8-7-16-3-1-4-17(16)13-18/h2,5-8,13-15H,1,3-4,9-12H2,(H,24,25,27). The molecule has 2 aromatic carbocycles. The molecule has 2 aliphatic rings. The number of benzene rings is 2. The fourth-order valence-electron chi connectivity index (χ4n) is 4.10. The first-order valence-corrected chi connectivity index (χ1v) is 12.9. The first-order chi connectivity index (χ1) is 15.5. The van der Waals surface area contributed by atoms with Gasteiger partial charge in [-0.15, -0.1) is 11.3 Å². The van der Waals surface area contributed by atoms with Crippen molar-refractivity contribution in [1.29, 1.82) is 0 Å². The average Bonchev–Trinajstić information content (AvgIpc) is 3.48. The monoisotopic (exact) mass is 469 g/mol. The number of aryl methyl sites for hydroxylation is 2. The molecule has 1 N–H and O–H groups in total. The highest BCUT2D eigenvalue weighted by Gasteiger charge is 2.27. The number of anilines is 1. The van der Waals surface area contributed by atoms with Crippen molar-refractivity contribution in [2.45, 2.75) is 24.2 Å². The van der Waals surface area contributed by atoms with Gasteiger partial charge in [0.05, 0.1) is 23.8 Å². The zero-order valence-corrected chi connectivity index (χ0v) is 19.0. The highest BCUT2D eigenvalue weighted by Crippen LogP contribution is 2.30. The van der Waals surface area contributed by atoms with Gasteiger partial charge in [0.1, 0.15) is 0 Å². The Morgan fingerprint density at radius 2 is 1.88 bits per heavy atom. The van der Waals surface area contributed by atoms with Crippen LogP contribution in [0, 0.1) is 0 Å². The van der Waals surface area contributed by atoms with Crippen LogP contribution in [0.3, 0.4) is 0 Å². The molecular formula is C23H23N3O4S2. The molecule has 2 heterocycles. The van der Waals surface area contributed by atoms with Crippen molar-refractivity contribution in [3.8, 4) is 11.3 Å². The second-order valence-electron chi connectivity index (χ2n) is 7.87. The fourth-order valence-corrected chi connectivity index (χ4v) is 6.27. The van der Waals surface area contributed by atoms with Crippen LogP contribution in [0.25, 0.3) is 11.3 Å². The van der Waals surface area contributed by atoms with E-state index in [1.165, 1.54) is 45.3 Å². The summed E-state index contributed by atoms with van der Waals surface area (Å²) in [6, 6.07) is 12.5. The van der Waals surface area contributed by atoms with Gasteiger partial charge in [0.15, 0.2) is 5.13 Å². The summed E-state index contributed by atoms with van der Waals surface area (Å²) < 4.78 is 32.4. The molecule has 0 bridgehead atoms. The molecule has 1 aliphatic carbocycles. The van der Waals surface area contributed by atoms with Crippen LogP contribution in [0.15, 0.2) is 52.7 Å². The van der Waals surface area contributed by atoms with Crippen molar-refractivity contribution in [2.24, 2.45) is 0 Å². The maximum absolute atomic E-state index is 12.9. The lowest BCUT2D eigenvalue weighted by atomic mass is 10.1. The van der Waals surface area contributed by atoms with Crippen LogP contribution in [-0.4, -0.2) is 49.9 Å². The van der Waals surface area contributed by atoms with Gasteiger partial charge in [-0.3, -0.25) is 10.1 Å². The summed E-state index contributed by atoms with van der Waals surface area (Å²) in [5, 5.41) is 5.20. The van der Waals surface area contributed by atoms with E-state index >= 15 is 0 Å². The van der Waals surface area contributed by atoms with E-state index in [4.69, 9.17) is 4.74 Å². The molecule has 1 amide bonds. The largest absolute Gasteiger partial charge is 0.379 e. The number of morpholine rings is 1. The van der Waals surface area contributed by atoms with E-state index < -0.39 is 10.0 Å². The Hall–Kier alpha value is -2.59. The van der Waals surface area contributed by atoms with Crippen LogP contribution in [-0.2, 0) is 27.6 Å². The maximum atomic E-state index is 12.9. The number of nitrogens with zero attached hydrogens (tertiary/aromatic N) is 2. The molecule has 1 aromatic heterocycles. The number of aromatic nitrogens is 1. The molecule has 166 valence electrons. The van der Waals surface area contributed by atoms with E-state index in [1.807, 2.05) is 5.38 Å². The Morgan fingerprint density at radius 1 is 1.06 bits per heavy atom. The third kappa shape index (κ3) is 4.21. The van der Waals surface area contributed by atoms with Crippen LogP contribution in [0.2, 0.25) is 0 Å². The SMILES string of the molecule is O=C(Nc1nc(-c2ccc3c(c2)CCC3)cs1)c1cccc(S(=O)(=O)N2CCOCC2)c1. The lowest BCUT2D eigenvalue weighted by Crippen LogP contribution is -2.40. The van der Waals surface area contributed by atoms with Crippen molar-refractivity contribution in [3.05, 3.63) is 64.5 Å². The van der Waals surface area contributed by atoms with Gasteiger partial charge in [0.25, 0.3) is 5.91 Å². The van der Waals surface area contributed by atoms with Crippen molar-refractivity contribution in [1.82, 2.24) is 9.29 Å². The number of rotatable bonds is 5. The molecule has 1 fully saturated rings. The smallest absolute Gasteiger partial charge is 0.257 e. The van der Waals surface area contributed by atoms with Crippen LogP contribution < -0.4 is 5.32 Å². The Morgan fingerprint density at radius 3 is 2.72 bits per heavy atom. The number of sulfonamides is 1. The molecule has 3 aromatic rings. The summed E-state index contributed by atoms with van der Waals surface area (Å²) in [5.41, 5.74) is 4.92. The third-order valence-electron chi connectivity index (χ3n) is 5.82. The Bertz CT molecular complexity index is 1260. The third-order valence-corrected chi connectivity index (χ3v) is 8.48. The molecule has 1 saturated heterocycles. The van der Waals surface area contributed by atoms with Crippen molar-refractivity contribution < 1.29 is 17.9 Å². The van der Waals surface area contributed by atoms with E-state index in [0.717, 1.165) is 24.1 Å². The van der Waals surface area contributed by atoms with Gasteiger partial charge in [0, 0.05) is 29.6 Å². The first kappa shape index (κ1) is 21.3. The van der Waals surface area contributed by atoms with Crippen molar-refractivity contribution >= 4 is 32.4 Å². The zero-order chi connectivity index (χ0) is 22.1. The second-order valence-corrected chi connectivity index (χ2v) is 10.7. The number of thiazole rings is 1. The average molecular weight is 470 g/mol. The van der Waals surface area contributed by atoms with Crippen LogP contribution in [0.1, 0.15) is 27.9 Å². The number of carbonyl (C=O) groups is 1. The molecule has 0 spiro atoms. The van der Waals surface area contributed by atoms with Crippen LogP contribution >= 0.6 is 11.3 Å². The van der Waals surface area contributed by atoms with Gasteiger partial charge >= 0.3 is 0 Å². The molecular weight excluding hydrogens is 446 g/mol. The highest BCUT2D eigenvalue weighted by atomic mass is 32.2. The van der Waals surface area contributed by atoms with Crippen molar-refractivity contribution in [2.75, 3.05) is 31.6 Å². The topological polar surface area (TPSA) is 88.6 Å². The zero-order valence-electron chi connectivity index (χ0n) is 17.4. The van der Waals surface area contributed by atoms with E-state index in [0.29, 0.717) is 31.4 Å². The van der Waals surface area contributed by atoms with Gasteiger partial charge in [0.2, 0.25) is 10.0 Å². The summed E-state index contributed by atoms with van der Waals surface area (Å²) in [5.74, 6) is -0.390. The highest BCUT2D eigenvalue weighted by molar-refractivity contribution is 7.89. The Labute approximate surface area is 191 Å². The number of hydrogen-bond acceptors (Lipinski definition) is 6. The molecule has 0 atom stereocenters. The quantitative estimate of drug-likeness (QED) is 0.617. The van der Waals surface area contributed by atoms with Gasteiger partial charge in [-0.2, -0.15) is 4.31 Å². The Kier molecular flexibility index (Phi) is 5.81. The van der Waals surface area contributed by atoms with E-state index in [1.54, 1.807) is 12.1 Å². The molecule has 0 radical (unpaired) electrons. The molecule has 0 unspecified atom stereocenters. The number of ether oxygens (including phenoxy) is 1. The van der Waals surface area contributed by atoms with Gasteiger partial charge in [-0.05, 0) is 54.7 Å². The minimum absolute atomic E-state index is 0.102. The van der Waals surface area contributed by atoms with Gasteiger partial charge in [-0.25, -0.2) is 13.4 Å². The molecule has 0 saturated carbocycles. The summed E-state index contributed by atoms with van der Waals surface area (Å²) in [6.07, 6.45) is 3.42. The summed E-state index contributed by atoms with van der Waals surface area (Å²) in [6.45, 7) is 1.36. The Balaban J connectivity index is 1.32. The first-order valence-electron chi connectivity index (χ1n) is 10.6. The summed E-state index contributed by atoms with van der Waals surface area (Å²) in [4.78, 5) is 17.5. The maximum Gasteiger partial charge on any atom is 0.257 e. The number of nitrogens with one attached hydrogen (secondary N) is 1. The molecule has 32 heavy (non-hydrogen) atoms. The lowest BCUT2D eigenvalue weighted by molar-refractivity contribution is 0.0730. The molecule has 7 nitrogen and oxygen atoms in total. The predicted octanol–water partition coefficient (Wildman–Crippen LogP) is 3.57. The van der Waals surface area contributed by atoms with Crippen LogP contribution in [0.5, 0.6) is 0 Å². The minimum atomic E-state index is -3.67.